The van der Waals surface area contributed by atoms with Gasteiger partial charge in [-0.25, -0.2) is 4.79 Å². The molecule has 53 heavy (non-hydrogen) atoms. The van der Waals surface area contributed by atoms with Crippen molar-refractivity contribution in [3.63, 3.8) is 0 Å². The first-order valence-corrected chi connectivity index (χ1v) is 17.4. The van der Waals surface area contributed by atoms with Gasteiger partial charge in [-0.1, -0.05) is 72.3 Å². The summed E-state index contributed by atoms with van der Waals surface area (Å²) in [6.45, 7) is 0.165. The topological polar surface area (TPSA) is 252 Å². The van der Waals surface area contributed by atoms with Crippen molar-refractivity contribution < 1.29 is 24.0 Å². The molecule has 1 heterocycles. The summed E-state index contributed by atoms with van der Waals surface area (Å²) in [5, 5.41) is 14.7. The zero-order valence-corrected chi connectivity index (χ0v) is 30.0. The van der Waals surface area contributed by atoms with Crippen LogP contribution in [0.5, 0.6) is 0 Å². The molecule has 16 heteroatoms. The number of aliphatic imine (C=N–C) groups is 1. The van der Waals surface area contributed by atoms with Gasteiger partial charge in [-0.2, -0.15) is 0 Å². The highest BCUT2D eigenvalue weighted by Crippen LogP contribution is 2.19. The molecule has 0 aliphatic carbocycles. The number of para-hydroxylation sites is 1. The number of nitrogens with one attached hydrogen (secondary N) is 6. The number of guanidine groups is 1. The first-order chi connectivity index (χ1) is 25.4. The Balaban J connectivity index is 1.57. The van der Waals surface area contributed by atoms with E-state index in [1.165, 1.54) is 7.05 Å². The second-order valence-corrected chi connectivity index (χ2v) is 12.8. The Hall–Kier alpha value is -6.09. The molecule has 15 nitrogen and oxygen atoms in total. The molecule has 0 aliphatic rings. The fraction of sp³-hybridized carbons (Fsp3) is 0.297. The average molecular weight is 745 g/mol. The lowest BCUT2D eigenvalue weighted by atomic mass is 10.0. The summed E-state index contributed by atoms with van der Waals surface area (Å²) < 4.78 is 0. The van der Waals surface area contributed by atoms with Crippen LogP contribution < -0.4 is 43.8 Å². The second kappa shape index (κ2) is 19.5. The molecular formula is C37H45ClN10O5. The molecule has 3 aromatic carbocycles. The van der Waals surface area contributed by atoms with Crippen LogP contribution in [0.15, 0.2) is 90.1 Å². The van der Waals surface area contributed by atoms with E-state index in [9.17, 15) is 24.0 Å². The number of aromatic nitrogens is 1. The maximum absolute atomic E-state index is 14.1. The molecule has 4 atom stereocenters. The summed E-state index contributed by atoms with van der Waals surface area (Å²) in [5.74, 6) is -2.88. The van der Waals surface area contributed by atoms with Gasteiger partial charge in [0.25, 0.3) is 0 Å². The van der Waals surface area contributed by atoms with Crippen molar-refractivity contribution in [1.29, 1.82) is 0 Å². The van der Waals surface area contributed by atoms with E-state index in [2.05, 4.69) is 36.6 Å². The number of benzene rings is 3. The number of nitrogens with zero attached hydrogens (tertiary/aromatic N) is 1. The summed E-state index contributed by atoms with van der Waals surface area (Å²) in [6.07, 6.45) is 2.36. The first-order valence-electron chi connectivity index (χ1n) is 17.0. The largest absolute Gasteiger partial charge is 0.370 e. The molecule has 0 saturated heterocycles. The van der Waals surface area contributed by atoms with Crippen LogP contribution in [0, 0.1) is 0 Å². The molecule has 280 valence electrons. The van der Waals surface area contributed by atoms with Gasteiger partial charge >= 0.3 is 6.03 Å². The van der Waals surface area contributed by atoms with Crippen molar-refractivity contribution in [3.8, 4) is 0 Å². The summed E-state index contributed by atoms with van der Waals surface area (Å²) in [5.41, 5.74) is 19.8. The molecular weight excluding hydrogens is 700 g/mol. The van der Waals surface area contributed by atoms with Crippen LogP contribution >= 0.6 is 11.6 Å². The van der Waals surface area contributed by atoms with E-state index in [1.807, 2.05) is 30.3 Å². The lowest BCUT2D eigenvalue weighted by Gasteiger charge is -2.26. The summed E-state index contributed by atoms with van der Waals surface area (Å²) in [4.78, 5) is 73.8. The van der Waals surface area contributed by atoms with Crippen molar-refractivity contribution in [2.75, 3.05) is 13.6 Å². The van der Waals surface area contributed by atoms with Gasteiger partial charge in [0, 0.05) is 55.0 Å². The van der Waals surface area contributed by atoms with E-state index in [0.29, 0.717) is 10.6 Å². The zero-order chi connectivity index (χ0) is 38.3. The normalized spacial score (nSPS) is 13.1. The number of carbonyl (C=O) groups excluding carboxylic acids is 5. The van der Waals surface area contributed by atoms with Crippen LogP contribution in [0.1, 0.15) is 29.5 Å². The number of halogens is 1. The van der Waals surface area contributed by atoms with Gasteiger partial charge in [-0.15, -0.1) is 0 Å². The van der Waals surface area contributed by atoms with Gasteiger partial charge < -0.3 is 48.8 Å². The van der Waals surface area contributed by atoms with E-state index >= 15 is 0 Å². The Morgan fingerprint density at radius 1 is 0.698 bits per heavy atom. The van der Waals surface area contributed by atoms with Gasteiger partial charge in [0.05, 0.1) is 0 Å². The average Bonchev–Trinajstić information content (AvgIpc) is 3.55. The number of amides is 6. The molecule has 6 amide bonds. The maximum Gasteiger partial charge on any atom is 0.315 e. The summed E-state index contributed by atoms with van der Waals surface area (Å²) in [7, 11) is 1.42. The Kier molecular flexibility index (Phi) is 14.6. The maximum atomic E-state index is 14.1. The highest BCUT2D eigenvalue weighted by molar-refractivity contribution is 6.30. The minimum absolute atomic E-state index is 0.0544. The second-order valence-electron chi connectivity index (χ2n) is 12.4. The molecule has 4 aromatic rings. The van der Waals surface area contributed by atoms with Crippen molar-refractivity contribution in [2.45, 2.75) is 56.3 Å². The summed E-state index contributed by atoms with van der Waals surface area (Å²) in [6, 6.07) is 18.1. The highest BCUT2D eigenvalue weighted by atomic mass is 35.5. The quantitative estimate of drug-likeness (QED) is 0.0408. The van der Waals surface area contributed by atoms with Gasteiger partial charge in [0.1, 0.15) is 24.2 Å². The van der Waals surface area contributed by atoms with Crippen molar-refractivity contribution >= 4 is 58.1 Å². The van der Waals surface area contributed by atoms with Crippen LogP contribution in [-0.2, 0) is 38.4 Å². The van der Waals surface area contributed by atoms with E-state index in [1.54, 1.807) is 54.7 Å². The molecule has 0 unspecified atom stereocenters. The number of H-pyrrole nitrogens is 1. The van der Waals surface area contributed by atoms with Crippen LogP contribution in [0.2, 0.25) is 5.02 Å². The van der Waals surface area contributed by atoms with Gasteiger partial charge in [0.2, 0.25) is 23.6 Å². The van der Waals surface area contributed by atoms with Crippen molar-refractivity contribution in [2.24, 2.45) is 22.2 Å². The monoisotopic (exact) mass is 744 g/mol. The minimum Gasteiger partial charge on any atom is -0.370 e. The third-order valence-electron chi connectivity index (χ3n) is 8.45. The van der Waals surface area contributed by atoms with E-state index in [0.717, 1.165) is 22.0 Å². The third kappa shape index (κ3) is 12.3. The first kappa shape index (κ1) is 39.7. The van der Waals surface area contributed by atoms with Gasteiger partial charge in [-0.3, -0.25) is 24.2 Å². The molecule has 0 spiro atoms. The lowest BCUT2D eigenvalue weighted by molar-refractivity contribution is -0.133. The van der Waals surface area contributed by atoms with E-state index in [4.69, 9.17) is 28.8 Å². The Morgan fingerprint density at radius 2 is 1.26 bits per heavy atom. The number of rotatable bonds is 18. The molecule has 4 rings (SSSR count). The van der Waals surface area contributed by atoms with Crippen LogP contribution in [0.4, 0.5) is 4.79 Å². The predicted molar refractivity (Wildman–Crippen MR) is 204 cm³/mol. The number of nitrogens with two attached hydrogens (primary N) is 3. The third-order valence-corrected chi connectivity index (χ3v) is 8.71. The smallest absolute Gasteiger partial charge is 0.315 e. The molecule has 0 saturated carbocycles. The van der Waals surface area contributed by atoms with E-state index in [-0.39, 0.29) is 44.6 Å². The number of primary amides is 1. The summed E-state index contributed by atoms with van der Waals surface area (Å²) >= 11 is 6.04. The standard InChI is InChI=1S/C37H45ClN10O5/c1-42-37(53)48-31(19-23-13-15-25(38)16-14-23)35(52)47-30(18-22-8-3-2-4-9-22)34(51)45-28(12-7-17-43-36(40)41)33(50)46-29(32(39)49)20-24-21-44-27-11-6-5-10-26(24)27/h2-6,8-11,13-16,21,28-31,44H,7,12,17-20H2,1H3,(H2,39,49)(H,45,51)(H,46,50)(H,47,52)(H4,40,41,43)(H2,42,48,53)/t28-,29-,30+,31+/m0/s1. The minimum atomic E-state index is -1.18. The molecule has 12 N–H and O–H groups in total. The highest BCUT2D eigenvalue weighted by Gasteiger charge is 2.31. The number of hydrogen-bond donors (Lipinski definition) is 9. The number of carbonyl (C=O) groups is 5. The molecule has 0 fully saturated rings. The van der Waals surface area contributed by atoms with Crippen molar-refractivity contribution in [1.82, 2.24) is 31.6 Å². The molecule has 0 radical (unpaired) electrons. The van der Waals surface area contributed by atoms with Gasteiger partial charge in [-0.05, 0) is 47.7 Å². The molecule has 1 aromatic heterocycles. The predicted octanol–water partition coefficient (Wildman–Crippen LogP) is 1.14. The number of urea groups is 1. The van der Waals surface area contributed by atoms with Crippen LogP contribution in [-0.4, -0.2) is 78.4 Å². The Labute approximate surface area is 311 Å². The Morgan fingerprint density at radius 3 is 1.91 bits per heavy atom. The fourth-order valence-corrected chi connectivity index (χ4v) is 5.81. The Bertz CT molecular complexity index is 1900. The number of hydrogen-bond acceptors (Lipinski definition) is 6. The van der Waals surface area contributed by atoms with Crippen LogP contribution in [0.25, 0.3) is 10.9 Å². The van der Waals surface area contributed by atoms with Gasteiger partial charge in [0.15, 0.2) is 5.96 Å². The molecule has 0 aliphatic heterocycles. The fourth-order valence-electron chi connectivity index (χ4n) is 5.69. The lowest BCUT2D eigenvalue weighted by Crippen LogP contribution is -2.59. The zero-order valence-electron chi connectivity index (χ0n) is 29.2. The molecule has 0 bridgehead atoms. The number of fused-ring (bicyclic) bond motifs is 1. The van der Waals surface area contributed by atoms with Crippen molar-refractivity contribution in [3.05, 3.63) is 107 Å². The van der Waals surface area contributed by atoms with Crippen LogP contribution in [0.3, 0.4) is 0 Å². The number of aromatic amines is 1. The van der Waals surface area contributed by atoms with E-state index < -0.39 is 53.8 Å². The SMILES string of the molecule is CNC(=O)N[C@H](Cc1ccc(Cl)cc1)C(=O)N[C@H](Cc1ccccc1)C(=O)N[C@@H](CCCN=C(N)N)C(=O)N[C@@H](Cc1c[nH]c2ccccc12)C(N)=O.